The molecule has 0 N–H and O–H groups in total. The predicted octanol–water partition coefficient (Wildman–Crippen LogP) is 4.22. The molecule has 2 amide bonds. The van der Waals surface area contributed by atoms with Gasteiger partial charge in [0, 0.05) is 31.2 Å². The number of carbonyl (C=O) groups excluding carboxylic acids is 2. The van der Waals surface area contributed by atoms with Crippen molar-refractivity contribution in [2.45, 2.75) is 52.4 Å². The first-order chi connectivity index (χ1) is 14.8. The summed E-state index contributed by atoms with van der Waals surface area (Å²) < 4.78 is 5.75. The van der Waals surface area contributed by atoms with E-state index in [-0.39, 0.29) is 17.9 Å². The Bertz CT molecular complexity index is 832. The molecule has 0 radical (unpaired) electrons. The maximum absolute atomic E-state index is 13.5. The minimum absolute atomic E-state index is 0.0173. The summed E-state index contributed by atoms with van der Waals surface area (Å²) >= 11 is 6.21. The molecule has 1 aromatic rings. The van der Waals surface area contributed by atoms with Crippen LogP contribution >= 0.6 is 11.6 Å². The standard InChI is InChI=1S/C25H33ClN2O3/c1-16-7-21(8-17(2)23(16)26)31-15-22(29)27-3-5-28(6-4-27)24(30)25-12-18-9-19(13-25)11-20(10-18)14-25/h7-8,18-20H,3-6,9-15H2,1-2H3. The molecular weight excluding hydrogens is 412 g/mol. The molecule has 1 aromatic carbocycles. The monoisotopic (exact) mass is 444 g/mol. The highest BCUT2D eigenvalue weighted by molar-refractivity contribution is 6.32. The molecule has 5 fully saturated rings. The molecule has 31 heavy (non-hydrogen) atoms. The molecule has 1 aliphatic heterocycles. The number of amides is 2. The van der Waals surface area contributed by atoms with Crippen LogP contribution in [0, 0.1) is 37.0 Å². The first-order valence-corrected chi connectivity index (χ1v) is 12.2. The molecule has 0 unspecified atom stereocenters. The summed E-state index contributed by atoms with van der Waals surface area (Å²) in [5, 5.41) is 0.735. The van der Waals surface area contributed by atoms with E-state index in [4.69, 9.17) is 16.3 Å². The number of ether oxygens (including phenoxy) is 1. The molecule has 0 spiro atoms. The molecule has 0 atom stereocenters. The molecule has 4 bridgehead atoms. The number of nitrogens with zero attached hydrogens (tertiary/aromatic N) is 2. The molecule has 4 aliphatic carbocycles. The first-order valence-electron chi connectivity index (χ1n) is 11.8. The van der Waals surface area contributed by atoms with E-state index in [1.54, 1.807) is 0 Å². The Morgan fingerprint density at radius 3 is 1.94 bits per heavy atom. The summed E-state index contributed by atoms with van der Waals surface area (Å²) in [6.07, 6.45) is 7.35. The van der Waals surface area contributed by atoms with E-state index in [1.807, 2.05) is 35.8 Å². The number of aryl methyl sites for hydroxylation is 2. The number of piperazine rings is 1. The lowest BCUT2D eigenvalue weighted by molar-refractivity contribution is -0.160. The van der Waals surface area contributed by atoms with E-state index in [0.29, 0.717) is 37.8 Å². The summed E-state index contributed by atoms with van der Waals surface area (Å²) in [5.74, 6) is 3.35. The molecule has 6 heteroatoms. The fourth-order valence-electron chi connectivity index (χ4n) is 7.09. The van der Waals surface area contributed by atoms with E-state index < -0.39 is 0 Å². The highest BCUT2D eigenvalue weighted by atomic mass is 35.5. The minimum atomic E-state index is -0.0889. The number of hydrogen-bond donors (Lipinski definition) is 0. The van der Waals surface area contributed by atoms with Crippen molar-refractivity contribution in [3.63, 3.8) is 0 Å². The van der Waals surface area contributed by atoms with Crippen molar-refractivity contribution >= 4 is 23.4 Å². The van der Waals surface area contributed by atoms with E-state index in [9.17, 15) is 9.59 Å². The lowest BCUT2D eigenvalue weighted by atomic mass is 9.49. The summed E-state index contributed by atoms with van der Waals surface area (Å²) in [6.45, 7) is 6.37. The molecule has 168 valence electrons. The zero-order chi connectivity index (χ0) is 21.8. The second-order valence-electron chi connectivity index (χ2n) is 10.5. The normalized spacial score (nSPS) is 31.8. The molecule has 0 aromatic heterocycles. The summed E-state index contributed by atoms with van der Waals surface area (Å²) in [5.41, 5.74) is 1.80. The van der Waals surface area contributed by atoms with Crippen LogP contribution in [0.25, 0.3) is 0 Å². The topological polar surface area (TPSA) is 49.9 Å². The molecule has 1 saturated heterocycles. The Morgan fingerprint density at radius 2 is 1.42 bits per heavy atom. The highest BCUT2D eigenvalue weighted by Crippen LogP contribution is 2.60. The average molecular weight is 445 g/mol. The van der Waals surface area contributed by atoms with E-state index in [0.717, 1.165) is 53.2 Å². The number of hydrogen-bond acceptors (Lipinski definition) is 3. The lowest BCUT2D eigenvalue weighted by Crippen LogP contribution is -2.58. The van der Waals surface area contributed by atoms with E-state index in [1.165, 1.54) is 19.3 Å². The van der Waals surface area contributed by atoms with Gasteiger partial charge in [-0.15, -0.1) is 0 Å². The Labute approximate surface area is 190 Å². The van der Waals surface area contributed by atoms with Crippen molar-refractivity contribution in [2.24, 2.45) is 23.2 Å². The van der Waals surface area contributed by atoms with Gasteiger partial charge in [-0.05, 0) is 93.4 Å². The molecule has 1 heterocycles. The van der Waals surface area contributed by atoms with E-state index in [2.05, 4.69) is 0 Å². The van der Waals surface area contributed by atoms with Gasteiger partial charge in [-0.1, -0.05) is 11.6 Å². The number of benzene rings is 1. The lowest BCUT2D eigenvalue weighted by Gasteiger charge is -2.57. The number of rotatable bonds is 4. The van der Waals surface area contributed by atoms with Crippen molar-refractivity contribution in [2.75, 3.05) is 32.8 Å². The zero-order valence-corrected chi connectivity index (χ0v) is 19.4. The third kappa shape index (κ3) is 3.94. The maximum Gasteiger partial charge on any atom is 0.260 e. The van der Waals surface area contributed by atoms with Crippen molar-refractivity contribution in [3.05, 3.63) is 28.3 Å². The van der Waals surface area contributed by atoms with Gasteiger partial charge in [0.15, 0.2) is 6.61 Å². The van der Waals surface area contributed by atoms with Gasteiger partial charge >= 0.3 is 0 Å². The summed E-state index contributed by atoms with van der Waals surface area (Å²) in [7, 11) is 0. The van der Waals surface area contributed by atoms with Gasteiger partial charge in [0.2, 0.25) is 5.91 Å². The van der Waals surface area contributed by atoms with Crippen LogP contribution in [0.15, 0.2) is 12.1 Å². The fraction of sp³-hybridized carbons (Fsp3) is 0.680. The molecule has 5 aliphatic rings. The summed E-state index contributed by atoms with van der Waals surface area (Å²) in [6, 6.07) is 3.73. The van der Waals surface area contributed by atoms with Crippen LogP contribution in [0.5, 0.6) is 5.75 Å². The van der Waals surface area contributed by atoms with Crippen molar-refractivity contribution in [3.8, 4) is 5.75 Å². The predicted molar refractivity (Wildman–Crippen MR) is 120 cm³/mol. The molecule has 5 nitrogen and oxygen atoms in total. The summed E-state index contributed by atoms with van der Waals surface area (Å²) in [4.78, 5) is 30.1. The van der Waals surface area contributed by atoms with Crippen LogP contribution in [-0.4, -0.2) is 54.4 Å². The quantitative estimate of drug-likeness (QED) is 0.698. The van der Waals surface area contributed by atoms with Crippen molar-refractivity contribution in [1.29, 1.82) is 0 Å². The number of carbonyl (C=O) groups is 2. The van der Waals surface area contributed by atoms with Gasteiger partial charge in [-0.25, -0.2) is 0 Å². The van der Waals surface area contributed by atoms with Gasteiger partial charge in [0.05, 0.1) is 5.41 Å². The average Bonchev–Trinajstić information content (AvgIpc) is 2.74. The SMILES string of the molecule is Cc1cc(OCC(=O)N2CCN(C(=O)C34CC5CC(CC(C5)C3)C4)CC2)cc(C)c1Cl. The van der Waals surface area contributed by atoms with Crippen molar-refractivity contribution < 1.29 is 14.3 Å². The Kier molecular flexibility index (Phi) is 5.44. The first kappa shape index (κ1) is 21.1. The number of halogens is 1. The van der Waals surface area contributed by atoms with Crippen LogP contribution < -0.4 is 4.74 Å². The molecule has 6 rings (SSSR count). The van der Waals surface area contributed by atoms with Crippen LogP contribution in [0.2, 0.25) is 5.02 Å². The van der Waals surface area contributed by atoms with Crippen LogP contribution in [0.1, 0.15) is 49.7 Å². The Balaban J connectivity index is 1.14. The molecule has 4 saturated carbocycles. The Morgan fingerprint density at radius 1 is 0.935 bits per heavy atom. The minimum Gasteiger partial charge on any atom is -0.484 e. The maximum atomic E-state index is 13.5. The largest absolute Gasteiger partial charge is 0.484 e. The third-order valence-electron chi connectivity index (χ3n) is 8.18. The van der Waals surface area contributed by atoms with Gasteiger partial charge in [-0.3, -0.25) is 9.59 Å². The van der Waals surface area contributed by atoms with Crippen molar-refractivity contribution in [1.82, 2.24) is 9.80 Å². The zero-order valence-electron chi connectivity index (χ0n) is 18.7. The van der Waals surface area contributed by atoms with Crippen LogP contribution in [0.3, 0.4) is 0 Å². The highest BCUT2D eigenvalue weighted by Gasteiger charge is 2.55. The van der Waals surface area contributed by atoms with Gasteiger partial charge in [-0.2, -0.15) is 0 Å². The van der Waals surface area contributed by atoms with E-state index >= 15 is 0 Å². The second-order valence-corrected chi connectivity index (χ2v) is 10.9. The Hall–Kier alpha value is -1.75. The fourth-order valence-corrected chi connectivity index (χ4v) is 7.20. The second kappa shape index (κ2) is 7.99. The smallest absolute Gasteiger partial charge is 0.260 e. The third-order valence-corrected chi connectivity index (χ3v) is 8.78. The van der Waals surface area contributed by atoms with Gasteiger partial charge in [0.25, 0.3) is 5.91 Å². The van der Waals surface area contributed by atoms with Gasteiger partial charge in [0.1, 0.15) is 5.75 Å². The van der Waals surface area contributed by atoms with Crippen LogP contribution in [0.4, 0.5) is 0 Å². The molecular formula is C25H33ClN2O3. The van der Waals surface area contributed by atoms with Gasteiger partial charge < -0.3 is 14.5 Å². The van der Waals surface area contributed by atoms with Crippen LogP contribution in [-0.2, 0) is 9.59 Å².